The van der Waals surface area contributed by atoms with Gasteiger partial charge in [0, 0.05) is 5.92 Å². The average Bonchev–Trinajstić information content (AvgIpc) is 2.86. The standard InChI is InChI=1S/C26H28BrN3O5/c1-3-34-22-14-17(13-20(27)23(22)35-16(2)26(32)33)15-28-30-24(18-9-5-4-6-10-18)29-21-12-8-7-11-19(21)25(30)31/h7-8,11-16,18H,3-6,9-10H2,1-2H3,(H,32,33)/t16-/m0/s1. The third-order valence-electron chi connectivity index (χ3n) is 6.05. The van der Waals surface area contributed by atoms with E-state index in [2.05, 4.69) is 21.0 Å². The Morgan fingerprint density at radius 3 is 2.74 bits per heavy atom. The zero-order valence-corrected chi connectivity index (χ0v) is 21.3. The van der Waals surface area contributed by atoms with Crippen LogP contribution in [0.15, 0.2) is 50.8 Å². The van der Waals surface area contributed by atoms with Crippen LogP contribution in [0, 0.1) is 0 Å². The summed E-state index contributed by atoms with van der Waals surface area (Å²) in [6.45, 7) is 3.65. The number of aliphatic carboxylic acids is 1. The molecule has 0 radical (unpaired) electrons. The summed E-state index contributed by atoms with van der Waals surface area (Å²) in [5, 5.41) is 14.3. The van der Waals surface area contributed by atoms with Gasteiger partial charge in [0.05, 0.1) is 28.2 Å². The molecule has 4 rings (SSSR count). The average molecular weight is 542 g/mol. The molecule has 1 aliphatic carbocycles. The maximum atomic E-state index is 13.4. The van der Waals surface area contributed by atoms with Gasteiger partial charge in [-0.1, -0.05) is 31.4 Å². The highest BCUT2D eigenvalue weighted by molar-refractivity contribution is 9.10. The van der Waals surface area contributed by atoms with E-state index >= 15 is 0 Å². The Kier molecular flexibility index (Phi) is 7.85. The molecule has 2 aromatic carbocycles. The molecule has 1 atom stereocenters. The molecule has 1 heterocycles. The van der Waals surface area contributed by atoms with Crippen molar-refractivity contribution in [2.75, 3.05) is 6.61 Å². The van der Waals surface area contributed by atoms with Crippen LogP contribution in [0.5, 0.6) is 11.5 Å². The van der Waals surface area contributed by atoms with Gasteiger partial charge in [0.1, 0.15) is 5.82 Å². The number of halogens is 1. The first-order chi connectivity index (χ1) is 16.9. The molecule has 3 aromatic rings. The number of ether oxygens (including phenoxy) is 2. The first-order valence-electron chi connectivity index (χ1n) is 11.8. The highest BCUT2D eigenvalue weighted by Crippen LogP contribution is 2.37. The number of carboxylic acid groups (broad SMARTS) is 1. The third-order valence-corrected chi connectivity index (χ3v) is 6.63. The summed E-state index contributed by atoms with van der Waals surface area (Å²) in [7, 11) is 0. The summed E-state index contributed by atoms with van der Waals surface area (Å²) in [4.78, 5) is 29.5. The van der Waals surface area contributed by atoms with Crippen molar-refractivity contribution in [3.05, 3.63) is 62.6 Å². The Balaban J connectivity index is 1.76. The SMILES string of the molecule is CCOc1cc(C=Nn2c(C3CCCCC3)nc3ccccc3c2=O)cc(Br)c1O[C@@H](C)C(=O)O. The number of hydrogen-bond acceptors (Lipinski definition) is 6. The molecule has 0 unspecified atom stereocenters. The number of benzene rings is 2. The molecular weight excluding hydrogens is 514 g/mol. The summed E-state index contributed by atoms with van der Waals surface area (Å²) in [5.74, 6) is 0.462. The largest absolute Gasteiger partial charge is 0.490 e. The molecule has 1 fully saturated rings. The van der Waals surface area contributed by atoms with Gasteiger partial charge in [-0.3, -0.25) is 4.79 Å². The third kappa shape index (κ3) is 5.56. The zero-order chi connectivity index (χ0) is 24.9. The van der Waals surface area contributed by atoms with Crippen molar-refractivity contribution < 1.29 is 19.4 Å². The van der Waals surface area contributed by atoms with Crippen LogP contribution >= 0.6 is 15.9 Å². The monoisotopic (exact) mass is 541 g/mol. The predicted octanol–water partition coefficient (Wildman–Crippen LogP) is 5.34. The summed E-state index contributed by atoms with van der Waals surface area (Å²) in [6.07, 6.45) is 5.91. The second-order valence-corrected chi connectivity index (χ2v) is 9.40. The maximum Gasteiger partial charge on any atom is 0.344 e. The van der Waals surface area contributed by atoms with Crippen molar-refractivity contribution in [1.82, 2.24) is 9.66 Å². The highest BCUT2D eigenvalue weighted by atomic mass is 79.9. The Hall–Kier alpha value is -3.20. The number of rotatable bonds is 8. The second-order valence-electron chi connectivity index (χ2n) is 8.54. The van der Waals surface area contributed by atoms with Gasteiger partial charge in [-0.2, -0.15) is 9.78 Å². The number of aromatic nitrogens is 2. The fraction of sp³-hybridized carbons (Fsp3) is 0.385. The Labute approximate surface area is 211 Å². The number of para-hydroxylation sites is 1. The minimum absolute atomic E-state index is 0.178. The molecule has 1 N–H and O–H groups in total. The Morgan fingerprint density at radius 1 is 1.29 bits per heavy atom. The Bertz CT molecular complexity index is 1310. The van der Waals surface area contributed by atoms with Gasteiger partial charge >= 0.3 is 5.97 Å². The molecule has 1 saturated carbocycles. The van der Waals surface area contributed by atoms with E-state index in [-0.39, 0.29) is 11.5 Å². The number of hydrogen-bond donors (Lipinski definition) is 1. The number of fused-ring (bicyclic) bond motifs is 1. The van der Waals surface area contributed by atoms with Gasteiger partial charge < -0.3 is 14.6 Å². The fourth-order valence-electron chi connectivity index (χ4n) is 4.27. The van der Waals surface area contributed by atoms with Gasteiger partial charge in [-0.15, -0.1) is 0 Å². The van der Waals surface area contributed by atoms with E-state index in [9.17, 15) is 14.7 Å². The molecule has 184 valence electrons. The Morgan fingerprint density at radius 2 is 2.03 bits per heavy atom. The number of carboxylic acids is 1. The lowest BCUT2D eigenvalue weighted by Crippen LogP contribution is -2.25. The number of nitrogens with zero attached hydrogens (tertiary/aromatic N) is 3. The summed E-state index contributed by atoms with van der Waals surface area (Å²) in [5.41, 5.74) is 1.14. The smallest absolute Gasteiger partial charge is 0.344 e. The molecule has 8 nitrogen and oxygen atoms in total. The van der Waals surface area contributed by atoms with Gasteiger partial charge in [-0.25, -0.2) is 9.78 Å². The minimum Gasteiger partial charge on any atom is -0.490 e. The molecule has 0 saturated heterocycles. The summed E-state index contributed by atoms with van der Waals surface area (Å²) in [6, 6.07) is 10.8. The molecule has 1 aromatic heterocycles. The molecule has 0 aliphatic heterocycles. The quantitative estimate of drug-likeness (QED) is 0.386. The lowest BCUT2D eigenvalue weighted by atomic mass is 9.88. The first kappa shape index (κ1) is 24.9. The van der Waals surface area contributed by atoms with E-state index in [1.54, 1.807) is 24.4 Å². The highest BCUT2D eigenvalue weighted by Gasteiger charge is 2.23. The van der Waals surface area contributed by atoms with Crippen LogP contribution < -0.4 is 15.0 Å². The lowest BCUT2D eigenvalue weighted by molar-refractivity contribution is -0.144. The molecule has 0 bridgehead atoms. The molecule has 0 amide bonds. The van der Waals surface area contributed by atoms with E-state index in [1.807, 2.05) is 25.1 Å². The van der Waals surface area contributed by atoms with Crippen LogP contribution in [0.25, 0.3) is 10.9 Å². The van der Waals surface area contributed by atoms with Crippen molar-refractivity contribution in [2.24, 2.45) is 5.10 Å². The maximum absolute atomic E-state index is 13.4. The molecular formula is C26H28BrN3O5. The van der Waals surface area contributed by atoms with Gasteiger partial charge in [0.15, 0.2) is 17.6 Å². The second kappa shape index (κ2) is 11.0. The lowest BCUT2D eigenvalue weighted by Gasteiger charge is -2.22. The molecule has 35 heavy (non-hydrogen) atoms. The fourth-order valence-corrected chi connectivity index (χ4v) is 4.82. The van der Waals surface area contributed by atoms with Crippen molar-refractivity contribution in [3.63, 3.8) is 0 Å². The number of carbonyl (C=O) groups is 1. The van der Waals surface area contributed by atoms with E-state index in [0.717, 1.165) is 25.7 Å². The van der Waals surface area contributed by atoms with E-state index in [1.165, 1.54) is 18.0 Å². The van der Waals surface area contributed by atoms with Crippen molar-refractivity contribution in [1.29, 1.82) is 0 Å². The molecule has 9 heteroatoms. The van der Waals surface area contributed by atoms with Crippen LogP contribution in [0.3, 0.4) is 0 Å². The van der Waals surface area contributed by atoms with Crippen molar-refractivity contribution >= 4 is 39.0 Å². The summed E-state index contributed by atoms with van der Waals surface area (Å²) < 4.78 is 13.2. The van der Waals surface area contributed by atoms with Crippen LogP contribution in [0.4, 0.5) is 0 Å². The van der Waals surface area contributed by atoms with Crippen molar-refractivity contribution in [2.45, 2.75) is 58.0 Å². The van der Waals surface area contributed by atoms with Crippen LogP contribution in [-0.2, 0) is 4.79 Å². The van der Waals surface area contributed by atoms with Gasteiger partial charge in [0.25, 0.3) is 5.56 Å². The summed E-state index contributed by atoms with van der Waals surface area (Å²) >= 11 is 3.46. The van der Waals surface area contributed by atoms with Crippen LogP contribution in [0.2, 0.25) is 0 Å². The molecule has 1 aliphatic rings. The topological polar surface area (TPSA) is 103 Å². The van der Waals surface area contributed by atoms with Crippen LogP contribution in [0.1, 0.15) is 63.3 Å². The zero-order valence-electron chi connectivity index (χ0n) is 19.7. The molecule has 0 spiro atoms. The van der Waals surface area contributed by atoms with E-state index < -0.39 is 12.1 Å². The van der Waals surface area contributed by atoms with Crippen LogP contribution in [-0.4, -0.2) is 39.7 Å². The first-order valence-corrected chi connectivity index (χ1v) is 12.6. The van der Waals surface area contributed by atoms with Gasteiger partial charge in [0.2, 0.25) is 0 Å². The van der Waals surface area contributed by atoms with E-state index in [4.69, 9.17) is 14.5 Å². The normalized spacial score (nSPS) is 15.4. The minimum atomic E-state index is -1.08. The van der Waals surface area contributed by atoms with Crippen molar-refractivity contribution in [3.8, 4) is 11.5 Å². The van der Waals surface area contributed by atoms with Gasteiger partial charge in [-0.05, 0) is 72.4 Å². The predicted molar refractivity (Wildman–Crippen MR) is 138 cm³/mol. The van der Waals surface area contributed by atoms with E-state index in [0.29, 0.717) is 44.9 Å².